The van der Waals surface area contributed by atoms with Crippen LogP contribution in [0.2, 0.25) is 0 Å². The highest BCUT2D eigenvalue weighted by molar-refractivity contribution is 5.27. The second-order valence-corrected chi connectivity index (χ2v) is 3.89. The summed E-state index contributed by atoms with van der Waals surface area (Å²) >= 11 is 0. The van der Waals surface area contributed by atoms with E-state index < -0.39 is 11.6 Å². The fourth-order valence-electron chi connectivity index (χ4n) is 1.51. The quantitative estimate of drug-likeness (QED) is 0.761. The predicted molar refractivity (Wildman–Crippen MR) is 57.6 cm³/mol. The molecule has 0 aromatic heterocycles. The zero-order valence-electron chi connectivity index (χ0n) is 8.76. The maximum atomic E-state index is 13.0. The standard InChI is InChI=1S/C12H15F2N/c1-3-6-12(2,8-15)9-4-5-10(13)11(14)7-9/h3-5,7H,1,6,8,15H2,2H3. The third-order valence-corrected chi connectivity index (χ3v) is 2.66. The topological polar surface area (TPSA) is 26.0 Å². The highest BCUT2D eigenvalue weighted by Gasteiger charge is 2.24. The molecule has 15 heavy (non-hydrogen) atoms. The molecule has 0 spiro atoms. The molecule has 82 valence electrons. The Kier molecular flexibility index (Phi) is 3.58. The summed E-state index contributed by atoms with van der Waals surface area (Å²) in [5.41, 5.74) is 5.97. The van der Waals surface area contributed by atoms with Gasteiger partial charge in [0.05, 0.1) is 0 Å². The minimum absolute atomic E-state index is 0.365. The second-order valence-electron chi connectivity index (χ2n) is 3.89. The fraction of sp³-hybridized carbons (Fsp3) is 0.333. The molecule has 0 fully saturated rings. The van der Waals surface area contributed by atoms with Crippen LogP contribution in [0, 0.1) is 11.6 Å². The summed E-state index contributed by atoms with van der Waals surface area (Å²) in [7, 11) is 0. The Morgan fingerprint density at radius 3 is 2.53 bits per heavy atom. The zero-order valence-corrected chi connectivity index (χ0v) is 8.76. The van der Waals surface area contributed by atoms with Crippen molar-refractivity contribution < 1.29 is 8.78 Å². The highest BCUT2D eigenvalue weighted by atomic mass is 19.2. The third kappa shape index (κ3) is 2.42. The Hall–Kier alpha value is -1.22. The maximum Gasteiger partial charge on any atom is 0.159 e. The summed E-state index contributed by atoms with van der Waals surface area (Å²) in [5.74, 6) is -1.67. The summed E-state index contributed by atoms with van der Waals surface area (Å²) in [6, 6.07) is 3.89. The lowest BCUT2D eigenvalue weighted by molar-refractivity contribution is 0.471. The van der Waals surface area contributed by atoms with Gasteiger partial charge < -0.3 is 5.73 Å². The van der Waals surface area contributed by atoms with Crippen molar-refractivity contribution in [1.29, 1.82) is 0 Å². The molecular formula is C12H15F2N. The Morgan fingerprint density at radius 2 is 2.07 bits per heavy atom. The molecule has 1 aromatic carbocycles. The summed E-state index contributed by atoms with van der Waals surface area (Å²) in [6.45, 7) is 5.91. The Morgan fingerprint density at radius 1 is 1.40 bits per heavy atom. The van der Waals surface area contributed by atoms with Crippen LogP contribution in [0.1, 0.15) is 18.9 Å². The smallest absolute Gasteiger partial charge is 0.159 e. The summed E-state index contributed by atoms with van der Waals surface area (Å²) in [6.07, 6.45) is 2.36. The molecular weight excluding hydrogens is 196 g/mol. The SMILES string of the molecule is C=CCC(C)(CN)c1ccc(F)c(F)c1. The van der Waals surface area contributed by atoms with Crippen molar-refractivity contribution in [2.75, 3.05) is 6.54 Å². The van der Waals surface area contributed by atoms with Gasteiger partial charge in [-0.1, -0.05) is 19.1 Å². The van der Waals surface area contributed by atoms with Crippen LogP contribution in [0.25, 0.3) is 0 Å². The first-order valence-electron chi connectivity index (χ1n) is 4.80. The summed E-state index contributed by atoms with van der Waals surface area (Å²) in [5, 5.41) is 0. The van der Waals surface area contributed by atoms with Gasteiger partial charge in [0.25, 0.3) is 0 Å². The number of allylic oxidation sites excluding steroid dienone is 1. The van der Waals surface area contributed by atoms with Gasteiger partial charge >= 0.3 is 0 Å². The first-order chi connectivity index (χ1) is 7.03. The van der Waals surface area contributed by atoms with E-state index in [1.807, 2.05) is 6.92 Å². The molecule has 1 nitrogen and oxygen atoms in total. The normalized spacial score (nSPS) is 14.7. The summed E-state index contributed by atoms with van der Waals surface area (Å²) < 4.78 is 25.8. The molecule has 1 rings (SSSR count). The van der Waals surface area contributed by atoms with Crippen molar-refractivity contribution in [3.8, 4) is 0 Å². The van der Waals surface area contributed by atoms with Gasteiger partial charge in [0.1, 0.15) is 0 Å². The maximum absolute atomic E-state index is 13.0. The summed E-state index contributed by atoms with van der Waals surface area (Å²) in [4.78, 5) is 0. The number of nitrogens with two attached hydrogens (primary N) is 1. The molecule has 2 N–H and O–H groups in total. The number of hydrogen-bond acceptors (Lipinski definition) is 1. The van der Waals surface area contributed by atoms with Gasteiger partial charge in [-0.2, -0.15) is 0 Å². The molecule has 1 unspecified atom stereocenters. The van der Waals surface area contributed by atoms with Gasteiger partial charge in [0.15, 0.2) is 11.6 Å². The van der Waals surface area contributed by atoms with Gasteiger partial charge in [-0.05, 0) is 24.1 Å². The minimum atomic E-state index is -0.837. The lowest BCUT2D eigenvalue weighted by atomic mass is 9.79. The number of rotatable bonds is 4. The molecule has 0 amide bonds. The molecule has 0 bridgehead atoms. The Labute approximate surface area is 88.6 Å². The van der Waals surface area contributed by atoms with E-state index in [2.05, 4.69) is 6.58 Å². The van der Waals surface area contributed by atoms with Crippen molar-refractivity contribution in [3.05, 3.63) is 48.1 Å². The predicted octanol–water partition coefficient (Wildman–Crippen LogP) is 2.76. The third-order valence-electron chi connectivity index (χ3n) is 2.66. The van der Waals surface area contributed by atoms with Crippen molar-refractivity contribution in [2.24, 2.45) is 5.73 Å². The van der Waals surface area contributed by atoms with Crippen LogP contribution >= 0.6 is 0 Å². The molecule has 0 aliphatic rings. The molecule has 0 aliphatic heterocycles. The Balaban J connectivity index is 3.12. The van der Waals surface area contributed by atoms with Crippen LogP contribution in [0.4, 0.5) is 8.78 Å². The van der Waals surface area contributed by atoms with E-state index in [4.69, 9.17) is 5.73 Å². The minimum Gasteiger partial charge on any atom is -0.330 e. The van der Waals surface area contributed by atoms with E-state index in [0.29, 0.717) is 18.5 Å². The molecule has 1 atom stereocenters. The second kappa shape index (κ2) is 4.53. The number of halogens is 2. The van der Waals surface area contributed by atoms with Gasteiger partial charge in [0, 0.05) is 12.0 Å². The van der Waals surface area contributed by atoms with E-state index in [1.54, 1.807) is 12.1 Å². The van der Waals surface area contributed by atoms with E-state index in [9.17, 15) is 8.78 Å². The molecule has 0 aliphatic carbocycles. The van der Waals surface area contributed by atoms with Crippen LogP contribution in [0.15, 0.2) is 30.9 Å². The van der Waals surface area contributed by atoms with Crippen molar-refractivity contribution in [2.45, 2.75) is 18.8 Å². The number of hydrogen-bond donors (Lipinski definition) is 1. The van der Waals surface area contributed by atoms with E-state index in [1.165, 1.54) is 6.07 Å². The fourth-order valence-corrected chi connectivity index (χ4v) is 1.51. The Bertz CT molecular complexity index is 363. The van der Waals surface area contributed by atoms with Gasteiger partial charge in [-0.15, -0.1) is 6.58 Å². The molecule has 3 heteroatoms. The monoisotopic (exact) mass is 211 g/mol. The zero-order chi connectivity index (χ0) is 11.5. The van der Waals surface area contributed by atoms with Gasteiger partial charge in [-0.25, -0.2) is 8.78 Å². The first-order valence-corrected chi connectivity index (χ1v) is 4.80. The van der Waals surface area contributed by atoms with Crippen molar-refractivity contribution >= 4 is 0 Å². The van der Waals surface area contributed by atoms with Crippen LogP contribution in [0.5, 0.6) is 0 Å². The van der Waals surface area contributed by atoms with Crippen molar-refractivity contribution in [1.82, 2.24) is 0 Å². The molecule has 0 saturated carbocycles. The molecule has 0 saturated heterocycles. The van der Waals surface area contributed by atoms with Crippen LogP contribution in [-0.2, 0) is 5.41 Å². The molecule has 1 aromatic rings. The van der Waals surface area contributed by atoms with Crippen LogP contribution < -0.4 is 5.73 Å². The van der Waals surface area contributed by atoms with E-state index in [0.717, 1.165) is 6.07 Å². The lowest BCUT2D eigenvalue weighted by Gasteiger charge is -2.27. The van der Waals surface area contributed by atoms with Gasteiger partial charge in [-0.3, -0.25) is 0 Å². The highest BCUT2D eigenvalue weighted by Crippen LogP contribution is 2.27. The average molecular weight is 211 g/mol. The van der Waals surface area contributed by atoms with Gasteiger partial charge in [0.2, 0.25) is 0 Å². The molecule has 0 radical (unpaired) electrons. The van der Waals surface area contributed by atoms with E-state index >= 15 is 0 Å². The largest absolute Gasteiger partial charge is 0.330 e. The average Bonchev–Trinajstić information content (AvgIpc) is 2.22. The van der Waals surface area contributed by atoms with Crippen LogP contribution in [0.3, 0.4) is 0 Å². The molecule has 0 heterocycles. The number of benzene rings is 1. The first kappa shape index (κ1) is 11.9. The lowest BCUT2D eigenvalue weighted by Crippen LogP contribution is -2.31. The van der Waals surface area contributed by atoms with Crippen LogP contribution in [-0.4, -0.2) is 6.54 Å². The van der Waals surface area contributed by atoms with E-state index in [-0.39, 0.29) is 5.41 Å². The van der Waals surface area contributed by atoms with Crippen molar-refractivity contribution in [3.63, 3.8) is 0 Å².